The van der Waals surface area contributed by atoms with Gasteiger partial charge >= 0.3 is 0 Å². The summed E-state index contributed by atoms with van der Waals surface area (Å²) in [6.45, 7) is 2.03. The number of aryl methyl sites for hydroxylation is 1. The molecular formula is C15H18NO3-. The standard InChI is InChI=1S/C15H19NO3/c1-11-9-10-12-5-2-3-6-13(12)16(11)14(17)7-4-8-15(18)19/h2-3,5-6,11H,4,7-10H2,1H3,(H,18,19)/p-1/t11-/m0/s1. The maximum atomic E-state index is 12.3. The maximum Gasteiger partial charge on any atom is 0.227 e. The zero-order valence-electron chi connectivity index (χ0n) is 11.1. The quantitative estimate of drug-likeness (QED) is 0.819. The molecule has 0 aliphatic carbocycles. The minimum Gasteiger partial charge on any atom is -0.550 e. The number of benzene rings is 1. The second-order valence-corrected chi connectivity index (χ2v) is 5.01. The van der Waals surface area contributed by atoms with Crippen molar-refractivity contribution in [3.8, 4) is 0 Å². The third-order valence-electron chi connectivity index (χ3n) is 3.56. The van der Waals surface area contributed by atoms with Gasteiger partial charge in [-0.15, -0.1) is 0 Å². The van der Waals surface area contributed by atoms with Crippen molar-refractivity contribution in [1.29, 1.82) is 0 Å². The Bertz CT molecular complexity index is 484. The van der Waals surface area contributed by atoms with Gasteiger partial charge in [0.15, 0.2) is 0 Å². The van der Waals surface area contributed by atoms with E-state index in [0.717, 1.165) is 18.5 Å². The Morgan fingerprint density at radius 2 is 2.05 bits per heavy atom. The van der Waals surface area contributed by atoms with Gasteiger partial charge in [0.05, 0.1) is 0 Å². The molecule has 19 heavy (non-hydrogen) atoms. The number of amides is 1. The molecule has 0 bridgehead atoms. The van der Waals surface area contributed by atoms with Gasteiger partial charge < -0.3 is 14.8 Å². The number of para-hydroxylation sites is 1. The summed E-state index contributed by atoms with van der Waals surface area (Å²) in [4.78, 5) is 24.5. The van der Waals surface area contributed by atoms with Crippen molar-refractivity contribution < 1.29 is 14.7 Å². The molecule has 0 N–H and O–H groups in total. The molecule has 102 valence electrons. The number of carboxylic acid groups (broad SMARTS) is 1. The lowest BCUT2D eigenvalue weighted by Gasteiger charge is -2.35. The van der Waals surface area contributed by atoms with E-state index >= 15 is 0 Å². The summed E-state index contributed by atoms with van der Waals surface area (Å²) in [5, 5.41) is 10.4. The van der Waals surface area contributed by atoms with Gasteiger partial charge in [-0.25, -0.2) is 0 Å². The minimum atomic E-state index is -1.10. The zero-order valence-corrected chi connectivity index (χ0v) is 11.1. The summed E-state index contributed by atoms with van der Waals surface area (Å²) < 4.78 is 0. The molecule has 0 saturated heterocycles. The maximum absolute atomic E-state index is 12.3. The van der Waals surface area contributed by atoms with Crippen LogP contribution in [0.15, 0.2) is 24.3 Å². The monoisotopic (exact) mass is 260 g/mol. The van der Waals surface area contributed by atoms with E-state index < -0.39 is 5.97 Å². The number of anilines is 1. The average Bonchev–Trinajstić information content (AvgIpc) is 2.38. The number of fused-ring (bicyclic) bond motifs is 1. The fraction of sp³-hybridized carbons (Fsp3) is 0.467. The molecule has 0 spiro atoms. The van der Waals surface area contributed by atoms with Gasteiger partial charge in [-0.05, 0) is 44.2 Å². The van der Waals surface area contributed by atoms with E-state index in [1.807, 2.05) is 36.1 Å². The van der Waals surface area contributed by atoms with Crippen LogP contribution in [0.25, 0.3) is 0 Å². The lowest BCUT2D eigenvalue weighted by Crippen LogP contribution is -2.42. The Morgan fingerprint density at radius 3 is 2.79 bits per heavy atom. The fourth-order valence-corrected chi connectivity index (χ4v) is 2.57. The highest BCUT2D eigenvalue weighted by Gasteiger charge is 2.27. The minimum absolute atomic E-state index is 0.000833. The van der Waals surface area contributed by atoms with Gasteiger partial charge in [-0.1, -0.05) is 18.2 Å². The number of aliphatic carboxylic acids is 1. The molecule has 0 fully saturated rings. The summed E-state index contributed by atoms with van der Waals surface area (Å²) in [5.74, 6) is -1.10. The smallest absolute Gasteiger partial charge is 0.227 e. The first-order valence-electron chi connectivity index (χ1n) is 6.69. The summed E-state index contributed by atoms with van der Waals surface area (Å²) >= 11 is 0. The normalized spacial score (nSPS) is 17.9. The van der Waals surface area contributed by atoms with E-state index in [-0.39, 0.29) is 24.8 Å². The molecule has 4 heteroatoms. The van der Waals surface area contributed by atoms with Crippen LogP contribution in [-0.2, 0) is 16.0 Å². The molecule has 0 unspecified atom stereocenters. The van der Waals surface area contributed by atoms with Gasteiger partial charge in [0.2, 0.25) is 5.91 Å². The summed E-state index contributed by atoms with van der Waals surface area (Å²) in [6.07, 6.45) is 2.47. The molecule has 1 atom stereocenters. The van der Waals surface area contributed by atoms with E-state index in [1.54, 1.807) is 0 Å². The van der Waals surface area contributed by atoms with Gasteiger partial charge in [0.25, 0.3) is 0 Å². The zero-order chi connectivity index (χ0) is 13.8. The first-order chi connectivity index (χ1) is 9.09. The van der Waals surface area contributed by atoms with Crippen LogP contribution in [-0.4, -0.2) is 17.9 Å². The van der Waals surface area contributed by atoms with E-state index in [1.165, 1.54) is 5.56 Å². The molecule has 1 aliphatic rings. The highest BCUT2D eigenvalue weighted by Crippen LogP contribution is 2.31. The van der Waals surface area contributed by atoms with Crippen molar-refractivity contribution in [3.63, 3.8) is 0 Å². The van der Waals surface area contributed by atoms with Crippen LogP contribution < -0.4 is 10.0 Å². The lowest BCUT2D eigenvalue weighted by molar-refractivity contribution is -0.305. The van der Waals surface area contributed by atoms with Crippen LogP contribution in [0.4, 0.5) is 5.69 Å². The van der Waals surface area contributed by atoms with E-state index in [0.29, 0.717) is 6.42 Å². The third kappa shape index (κ3) is 3.13. The molecule has 0 aromatic heterocycles. The molecule has 0 radical (unpaired) electrons. The fourth-order valence-electron chi connectivity index (χ4n) is 2.57. The molecule has 1 amide bonds. The van der Waals surface area contributed by atoms with Crippen LogP contribution in [0.2, 0.25) is 0 Å². The highest BCUT2D eigenvalue weighted by molar-refractivity contribution is 5.95. The number of hydrogen-bond acceptors (Lipinski definition) is 3. The van der Waals surface area contributed by atoms with Gasteiger partial charge in [-0.3, -0.25) is 4.79 Å². The molecule has 1 aromatic rings. The van der Waals surface area contributed by atoms with Crippen LogP contribution >= 0.6 is 0 Å². The number of hydrogen-bond donors (Lipinski definition) is 0. The highest BCUT2D eigenvalue weighted by atomic mass is 16.4. The van der Waals surface area contributed by atoms with Crippen molar-refractivity contribution >= 4 is 17.6 Å². The Labute approximate surface area is 113 Å². The van der Waals surface area contributed by atoms with Crippen LogP contribution in [0, 0.1) is 0 Å². The second-order valence-electron chi connectivity index (χ2n) is 5.01. The summed E-state index contributed by atoms with van der Waals surface area (Å²) in [7, 11) is 0. The summed E-state index contributed by atoms with van der Waals surface area (Å²) in [6, 6.07) is 8.08. The van der Waals surface area contributed by atoms with E-state index in [9.17, 15) is 14.7 Å². The molecule has 1 aromatic carbocycles. The SMILES string of the molecule is C[C@H]1CCc2ccccc2N1C(=O)CCCC(=O)[O-]. The van der Waals surface area contributed by atoms with Gasteiger partial charge in [0.1, 0.15) is 0 Å². The first-order valence-corrected chi connectivity index (χ1v) is 6.69. The predicted molar refractivity (Wildman–Crippen MR) is 70.6 cm³/mol. The Balaban J connectivity index is 2.10. The Morgan fingerprint density at radius 1 is 1.32 bits per heavy atom. The van der Waals surface area contributed by atoms with Crippen molar-refractivity contribution in [1.82, 2.24) is 0 Å². The third-order valence-corrected chi connectivity index (χ3v) is 3.56. The molecule has 1 heterocycles. The van der Waals surface area contributed by atoms with Crippen molar-refractivity contribution in [2.75, 3.05) is 4.90 Å². The molecular weight excluding hydrogens is 242 g/mol. The number of carboxylic acids is 1. The van der Waals surface area contributed by atoms with Crippen molar-refractivity contribution in [2.45, 2.75) is 45.1 Å². The van der Waals surface area contributed by atoms with E-state index in [4.69, 9.17) is 0 Å². The number of nitrogens with zero attached hydrogens (tertiary/aromatic N) is 1. The van der Waals surface area contributed by atoms with Crippen molar-refractivity contribution in [3.05, 3.63) is 29.8 Å². The van der Waals surface area contributed by atoms with Gasteiger partial charge in [-0.2, -0.15) is 0 Å². The Hall–Kier alpha value is -1.84. The number of carbonyl (C=O) groups excluding carboxylic acids is 2. The predicted octanol–water partition coefficient (Wildman–Crippen LogP) is 1.27. The van der Waals surface area contributed by atoms with Crippen molar-refractivity contribution in [2.24, 2.45) is 0 Å². The molecule has 4 nitrogen and oxygen atoms in total. The van der Waals surface area contributed by atoms with Gasteiger partial charge in [0, 0.05) is 24.1 Å². The van der Waals surface area contributed by atoms with E-state index in [2.05, 4.69) is 0 Å². The van der Waals surface area contributed by atoms with Crippen LogP contribution in [0.3, 0.4) is 0 Å². The lowest BCUT2D eigenvalue weighted by atomic mass is 9.96. The molecule has 1 aliphatic heterocycles. The number of carbonyl (C=O) groups is 2. The topological polar surface area (TPSA) is 60.4 Å². The average molecular weight is 260 g/mol. The second kappa shape index (κ2) is 5.87. The number of rotatable bonds is 4. The molecule has 0 saturated carbocycles. The molecule has 2 rings (SSSR count). The Kier molecular flexibility index (Phi) is 4.20. The largest absolute Gasteiger partial charge is 0.550 e. The summed E-state index contributed by atoms with van der Waals surface area (Å²) in [5.41, 5.74) is 2.16. The van der Waals surface area contributed by atoms with Crippen LogP contribution in [0.5, 0.6) is 0 Å². The first kappa shape index (κ1) is 13.6. The van der Waals surface area contributed by atoms with Crippen LogP contribution in [0.1, 0.15) is 38.2 Å².